The molecule has 274 valence electrons. The number of aliphatic hydroxyl groups is 9. The Kier molecular flexibility index (Phi) is 15.0. The van der Waals surface area contributed by atoms with E-state index in [0.29, 0.717) is 0 Å². The van der Waals surface area contributed by atoms with Gasteiger partial charge in [-0.1, -0.05) is 0 Å². The van der Waals surface area contributed by atoms with Crippen molar-refractivity contribution in [2.75, 3.05) is 26.2 Å². The smallest absolute Gasteiger partial charge is 0.249 e. The fourth-order valence-corrected chi connectivity index (χ4v) is 5.65. The summed E-state index contributed by atoms with van der Waals surface area (Å²) in [6.07, 6.45) is -22.9. The van der Waals surface area contributed by atoms with E-state index in [9.17, 15) is 55.5 Å². The number of rotatable bonds is 14. The van der Waals surface area contributed by atoms with Crippen LogP contribution in [-0.2, 0) is 28.5 Å². The van der Waals surface area contributed by atoms with Crippen molar-refractivity contribution in [1.29, 1.82) is 0 Å². The molecule has 3 aliphatic rings. The van der Waals surface area contributed by atoms with Crippen LogP contribution in [0.1, 0.15) is 19.3 Å². The van der Waals surface area contributed by atoms with Crippen molar-refractivity contribution in [3.8, 4) is 0 Å². The van der Waals surface area contributed by atoms with Gasteiger partial charge < -0.3 is 98.5 Å². The zero-order chi connectivity index (χ0) is 35.2. The van der Waals surface area contributed by atoms with E-state index in [0.717, 1.165) is 0 Å². The quantitative estimate of drug-likeness (QED) is 0.0806. The van der Waals surface area contributed by atoms with Crippen molar-refractivity contribution >= 4 is 11.8 Å². The van der Waals surface area contributed by atoms with E-state index in [-0.39, 0.29) is 32.4 Å². The highest BCUT2D eigenvalue weighted by atomic mass is 16.7. The first-order chi connectivity index (χ1) is 22.2. The van der Waals surface area contributed by atoms with E-state index in [2.05, 4.69) is 10.6 Å². The molecule has 0 aromatic rings. The van der Waals surface area contributed by atoms with Gasteiger partial charge in [-0.25, -0.2) is 0 Å². The van der Waals surface area contributed by atoms with E-state index in [1.165, 1.54) is 0 Å². The number of nitrogens with one attached hydrogen (secondary N) is 2. The maximum absolute atomic E-state index is 12.7. The molecule has 21 nitrogen and oxygen atoms in total. The molecular weight excluding hydrogens is 636 g/mol. The van der Waals surface area contributed by atoms with Gasteiger partial charge in [0, 0.05) is 12.6 Å². The molecule has 0 unspecified atom stereocenters. The molecule has 0 radical (unpaired) electrons. The third kappa shape index (κ3) is 9.49. The van der Waals surface area contributed by atoms with Crippen molar-refractivity contribution in [3.05, 3.63) is 0 Å². The van der Waals surface area contributed by atoms with Crippen LogP contribution >= 0.6 is 0 Å². The Morgan fingerprint density at radius 3 is 1.89 bits per heavy atom. The first-order valence-electron chi connectivity index (χ1n) is 15.3. The molecule has 47 heavy (non-hydrogen) atoms. The number of amides is 2. The molecular formula is C26H50N6O15. The SMILES string of the molecule is NCC[C@H](O)C(=O)NC[C@H]1O[C@H](O[C@H]2[C@H](O)[C@@H](O[C@H]3O[C@H](CO)[C@@H](O)[C@H](N)[C@H]3O)[C@H](NC(=O)[C@@H](O)CCN)C[C@@H]2N)[C@H](O)[C@@H](O)[C@@H]1O. The minimum Gasteiger partial charge on any atom is -0.394 e. The molecule has 19 N–H and O–H groups in total. The topological polar surface area (TPSA) is 381 Å². The van der Waals surface area contributed by atoms with Crippen LogP contribution in [0.3, 0.4) is 0 Å². The van der Waals surface area contributed by atoms with Gasteiger partial charge in [0.2, 0.25) is 11.8 Å². The van der Waals surface area contributed by atoms with Gasteiger partial charge in [0.15, 0.2) is 12.6 Å². The molecule has 2 saturated heterocycles. The Morgan fingerprint density at radius 2 is 1.30 bits per heavy atom. The zero-order valence-electron chi connectivity index (χ0n) is 25.5. The fourth-order valence-electron chi connectivity index (χ4n) is 5.65. The molecule has 2 heterocycles. The molecule has 17 atom stereocenters. The largest absolute Gasteiger partial charge is 0.394 e. The zero-order valence-corrected chi connectivity index (χ0v) is 25.5. The van der Waals surface area contributed by atoms with Crippen molar-refractivity contribution in [2.24, 2.45) is 22.9 Å². The molecule has 3 fully saturated rings. The van der Waals surface area contributed by atoms with Gasteiger partial charge in [-0.05, 0) is 32.4 Å². The van der Waals surface area contributed by atoms with Crippen molar-refractivity contribution < 1.29 is 74.5 Å². The average molecular weight is 687 g/mol. The van der Waals surface area contributed by atoms with Gasteiger partial charge in [-0.3, -0.25) is 9.59 Å². The summed E-state index contributed by atoms with van der Waals surface area (Å²) in [6.45, 7) is -1.15. The van der Waals surface area contributed by atoms with Crippen LogP contribution in [0.5, 0.6) is 0 Å². The highest BCUT2D eigenvalue weighted by Gasteiger charge is 2.52. The second-order valence-corrected chi connectivity index (χ2v) is 11.9. The van der Waals surface area contributed by atoms with Gasteiger partial charge in [-0.15, -0.1) is 0 Å². The van der Waals surface area contributed by atoms with Gasteiger partial charge in [0.25, 0.3) is 0 Å². The van der Waals surface area contributed by atoms with Crippen LogP contribution < -0.4 is 33.6 Å². The van der Waals surface area contributed by atoms with Crippen LogP contribution in [0.15, 0.2) is 0 Å². The number of hydrogen-bond acceptors (Lipinski definition) is 19. The molecule has 0 spiro atoms. The highest BCUT2D eigenvalue weighted by Crippen LogP contribution is 2.32. The molecule has 3 rings (SSSR count). The van der Waals surface area contributed by atoms with Gasteiger partial charge in [0.1, 0.15) is 73.2 Å². The average Bonchev–Trinajstić information content (AvgIpc) is 3.03. The predicted molar refractivity (Wildman–Crippen MR) is 155 cm³/mol. The summed E-state index contributed by atoms with van der Waals surface area (Å²) in [5, 5.41) is 98.4. The summed E-state index contributed by atoms with van der Waals surface area (Å²) in [4.78, 5) is 24.8. The first kappa shape index (κ1) is 39.7. The fraction of sp³-hybridized carbons (Fsp3) is 0.923. The van der Waals surface area contributed by atoms with E-state index in [4.69, 9.17) is 41.9 Å². The predicted octanol–water partition coefficient (Wildman–Crippen LogP) is -9.56. The maximum Gasteiger partial charge on any atom is 0.249 e. The molecule has 21 heteroatoms. The Labute approximate surface area is 269 Å². The summed E-state index contributed by atoms with van der Waals surface area (Å²) >= 11 is 0. The lowest BCUT2D eigenvalue weighted by Gasteiger charge is -2.49. The standard InChI is InChI=1S/C26H50N6O15/c27-3-1-10(34)23(42)31-6-12-16(37)18(39)19(40)26(44-12)46-21-8(29)5-9(32-24(43)11(35)2-4-28)22(20(21)41)47-25-17(38)14(30)15(36)13(7-33)45-25/h8-22,25-26,33-41H,1-7,27-30H2,(H,31,42)(H,32,43)/t8-,9+,10-,11-,12+,13+,14-,15+,16+,17+,18-,19+,20-,21+,22-,25+,26+/m0/s1. The normalized spacial score (nSPS) is 42.4. The molecule has 0 aromatic carbocycles. The second-order valence-electron chi connectivity index (χ2n) is 11.9. The monoisotopic (exact) mass is 686 g/mol. The summed E-state index contributed by atoms with van der Waals surface area (Å²) in [5.41, 5.74) is 23.0. The van der Waals surface area contributed by atoms with Gasteiger partial charge in [0.05, 0.1) is 18.7 Å². The van der Waals surface area contributed by atoms with E-state index in [1.54, 1.807) is 0 Å². The molecule has 2 amide bonds. The third-order valence-corrected chi connectivity index (χ3v) is 8.50. The minimum atomic E-state index is -1.89. The first-order valence-corrected chi connectivity index (χ1v) is 15.3. The Balaban J connectivity index is 1.82. The van der Waals surface area contributed by atoms with Crippen LogP contribution in [0.25, 0.3) is 0 Å². The van der Waals surface area contributed by atoms with Crippen LogP contribution in [-0.4, -0.2) is 188 Å². The Morgan fingerprint density at radius 1 is 0.745 bits per heavy atom. The summed E-state index contributed by atoms with van der Waals surface area (Å²) < 4.78 is 22.8. The lowest BCUT2D eigenvalue weighted by Crippen LogP contribution is -2.69. The van der Waals surface area contributed by atoms with Crippen molar-refractivity contribution in [2.45, 2.75) is 123 Å². The molecule has 0 bridgehead atoms. The van der Waals surface area contributed by atoms with E-state index >= 15 is 0 Å². The van der Waals surface area contributed by atoms with Crippen LogP contribution in [0.2, 0.25) is 0 Å². The third-order valence-electron chi connectivity index (χ3n) is 8.50. The minimum absolute atomic E-state index is 0.0219. The maximum atomic E-state index is 12.7. The van der Waals surface area contributed by atoms with Crippen LogP contribution in [0.4, 0.5) is 0 Å². The molecule has 1 saturated carbocycles. The Bertz CT molecular complexity index is 1000. The number of hydrogen-bond donors (Lipinski definition) is 15. The molecule has 1 aliphatic carbocycles. The molecule has 2 aliphatic heterocycles. The summed E-state index contributed by atoms with van der Waals surface area (Å²) in [6, 6.07) is -3.66. The lowest BCUT2D eigenvalue weighted by molar-refractivity contribution is -0.333. The lowest BCUT2D eigenvalue weighted by atomic mass is 9.83. The number of ether oxygens (including phenoxy) is 4. The molecule has 0 aromatic heterocycles. The number of carbonyl (C=O) groups is 2. The van der Waals surface area contributed by atoms with Crippen LogP contribution in [0, 0.1) is 0 Å². The summed E-state index contributed by atoms with van der Waals surface area (Å²) in [5.74, 6) is -1.72. The number of aliphatic hydroxyl groups excluding tert-OH is 9. The van der Waals surface area contributed by atoms with Crippen molar-refractivity contribution in [1.82, 2.24) is 10.6 Å². The van der Waals surface area contributed by atoms with E-state index in [1.807, 2.05) is 0 Å². The Hall–Kier alpha value is -1.74. The highest BCUT2D eigenvalue weighted by molar-refractivity contribution is 5.81. The van der Waals surface area contributed by atoms with E-state index < -0.39 is 129 Å². The second kappa shape index (κ2) is 17.8. The van der Waals surface area contributed by atoms with Gasteiger partial charge in [-0.2, -0.15) is 0 Å². The van der Waals surface area contributed by atoms with Crippen molar-refractivity contribution in [3.63, 3.8) is 0 Å². The summed E-state index contributed by atoms with van der Waals surface area (Å²) in [7, 11) is 0. The van der Waals surface area contributed by atoms with Gasteiger partial charge >= 0.3 is 0 Å². The number of nitrogens with two attached hydrogens (primary N) is 4. The number of carbonyl (C=O) groups excluding carboxylic acids is 2.